The Balaban J connectivity index is 0.00000338. The molecular weight excluding hydrogens is 352 g/mol. The summed E-state index contributed by atoms with van der Waals surface area (Å²) in [5.41, 5.74) is 7.77. The summed E-state index contributed by atoms with van der Waals surface area (Å²) in [6.07, 6.45) is 0. The first-order chi connectivity index (χ1) is 12.1. The van der Waals surface area contributed by atoms with Gasteiger partial charge in [-0.3, -0.25) is 4.79 Å². The molecule has 6 heteroatoms. The van der Waals surface area contributed by atoms with Crippen LogP contribution >= 0.6 is 12.4 Å². The summed E-state index contributed by atoms with van der Waals surface area (Å²) >= 11 is 0. The summed E-state index contributed by atoms with van der Waals surface area (Å²) in [5.74, 6) is 0.736. The third-order valence-electron chi connectivity index (χ3n) is 3.96. The van der Waals surface area contributed by atoms with E-state index >= 15 is 0 Å². The van der Waals surface area contributed by atoms with E-state index in [1.807, 2.05) is 57.2 Å². The van der Waals surface area contributed by atoms with Gasteiger partial charge in [-0.2, -0.15) is 0 Å². The predicted octanol–water partition coefficient (Wildman–Crippen LogP) is 4.18. The first kappa shape index (κ1) is 21.8. The lowest BCUT2D eigenvalue weighted by Gasteiger charge is -2.21. The Morgan fingerprint density at radius 2 is 1.73 bits per heavy atom. The predicted molar refractivity (Wildman–Crippen MR) is 107 cm³/mol. The second-order valence-electron chi connectivity index (χ2n) is 5.74. The molecule has 2 atom stereocenters. The van der Waals surface area contributed by atoms with Crippen molar-refractivity contribution in [2.24, 2.45) is 11.7 Å². The van der Waals surface area contributed by atoms with Gasteiger partial charge < -0.3 is 20.5 Å². The van der Waals surface area contributed by atoms with Crippen LogP contribution in [0.25, 0.3) is 0 Å². The Kier molecular flexibility index (Phi) is 8.96. The molecule has 0 aliphatic carbocycles. The Hall–Kier alpha value is -2.24. The fourth-order valence-corrected chi connectivity index (χ4v) is 2.52. The number of rotatable bonds is 8. The first-order valence-corrected chi connectivity index (χ1v) is 8.57. The van der Waals surface area contributed by atoms with E-state index in [0.29, 0.717) is 30.4 Å². The molecule has 0 heterocycles. The number of ether oxygens (including phenoxy) is 2. The molecule has 2 aromatic carbocycles. The average molecular weight is 379 g/mol. The number of nitrogens with two attached hydrogens (primary N) is 1. The van der Waals surface area contributed by atoms with Crippen molar-refractivity contribution >= 4 is 24.0 Å². The van der Waals surface area contributed by atoms with E-state index in [1.54, 1.807) is 12.1 Å². The minimum absolute atomic E-state index is 0. The van der Waals surface area contributed by atoms with Crippen LogP contribution in [0, 0.1) is 5.92 Å². The van der Waals surface area contributed by atoms with Crippen LogP contribution in [0.2, 0.25) is 0 Å². The second kappa shape index (κ2) is 10.7. The standard InChI is InChI=1S/C20H26N2O3.ClH/c1-4-24-16-11-12-18(25-5-2)17(13-16)22-20(23)14(3)19(21)15-9-7-6-8-10-15;/h6-14,19H,4-5,21H2,1-3H3,(H,22,23);1H. The quantitative estimate of drug-likeness (QED) is 0.722. The van der Waals surface area contributed by atoms with Gasteiger partial charge in [-0.05, 0) is 31.5 Å². The molecule has 0 aromatic heterocycles. The zero-order valence-corrected chi connectivity index (χ0v) is 16.2. The Labute approximate surface area is 161 Å². The van der Waals surface area contributed by atoms with Crippen molar-refractivity contribution in [3.8, 4) is 11.5 Å². The van der Waals surface area contributed by atoms with Gasteiger partial charge in [-0.25, -0.2) is 0 Å². The topological polar surface area (TPSA) is 73.6 Å². The molecule has 0 saturated heterocycles. The van der Waals surface area contributed by atoms with E-state index in [9.17, 15) is 4.79 Å². The van der Waals surface area contributed by atoms with Crippen LogP contribution in [0.4, 0.5) is 5.69 Å². The van der Waals surface area contributed by atoms with Gasteiger partial charge in [0, 0.05) is 12.1 Å². The van der Waals surface area contributed by atoms with Crippen molar-refractivity contribution in [1.82, 2.24) is 0 Å². The molecule has 26 heavy (non-hydrogen) atoms. The SMILES string of the molecule is CCOc1ccc(OCC)c(NC(=O)C(C)C(N)c2ccccc2)c1.Cl. The van der Waals surface area contributed by atoms with Gasteiger partial charge in [-0.15, -0.1) is 12.4 Å². The highest BCUT2D eigenvalue weighted by atomic mass is 35.5. The molecule has 2 aromatic rings. The first-order valence-electron chi connectivity index (χ1n) is 8.57. The highest BCUT2D eigenvalue weighted by Gasteiger charge is 2.23. The van der Waals surface area contributed by atoms with Gasteiger partial charge >= 0.3 is 0 Å². The summed E-state index contributed by atoms with van der Waals surface area (Å²) in [5, 5.41) is 2.92. The third kappa shape index (κ3) is 5.64. The largest absolute Gasteiger partial charge is 0.494 e. The maximum atomic E-state index is 12.7. The van der Waals surface area contributed by atoms with Crippen LogP contribution < -0.4 is 20.5 Å². The fourth-order valence-electron chi connectivity index (χ4n) is 2.52. The monoisotopic (exact) mass is 378 g/mol. The van der Waals surface area contributed by atoms with E-state index in [2.05, 4.69) is 5.32 Å². The summed E-state index contributed by atoms with van der Waals surface area (Å²) in [4.78, 5) is 12.7. The number of amides is 1. The summed E-state index contributed by atoms with van der Waals surface area (Å²) < 4.78 is 11.1. The minimum atomic E-state index is -0.396. The lowest BCUT2D eigenvalue weighted by Crippen LogP contribution is -2.30. The number of hydrogen-bond acceptors (Lipinski definition) is 4. The Morgan fingerprint density at radius 3 is 2.35 bits per heavy atom. The normalized spacial score (nSPS) is 12.5. The van der Waals surface area contributed by atoms with E-state index < -0.39 is 5.92 Å². The van der Waals surface area contributed by atoms with Crippen LogP contribution in [0.1, 0.15) is 32.4 Å². The molecule has 0 aliphatic rings. The molecule has 142 valence electrons. The van der Waals surface area contributed by atoms with Crippen molar-refractivity contribution in [3.05, 3.63) is 54.1 Å². The zero-order chi connectivity index (χ0) is 18.2. The number of hydrogen-bond donors (Lipinski definition) is 2. The zero-order valence-electron chi connectivity index (χ0n) is 15.4. The molecule has 3 N–H and O–H groups in total. The molecule has 0 spiro atoms. The lowest BCUT2D eigenvalue weighted by molar-refractivity contribution is -0.120. The highest BCUT2D eigenvalue weighted by Crippen LogP contribution is 2.30. The molecule has 0 radical (unpaired) electrons. The third-order valence-corrected chi connectivity index (χ3v) is 3.96. The molecule has 5 nitrogen and oxygen atoms in total. The molecule has 0 saturated carbocycles. The Morgan fingerprint density at radius 1 is 1.08 bits per heavy atom. The number of anilines is 1. The van der Waals surface area contributed by atoms with Gasteiger partial charge in [0.1, 0.15) is 11.5 Å². The molecule has 0 fully saturated rings. The van der Waals surface area contributed by atoms with Crippen molar-refractivity contribution < 1.29 is 14.3 Å². The van der Waals surface area contributed by atoms with Crippen LogP contribution in [-0.4, -0.2) is 19.1 Å². The Bertz CT molecular complexity index is 695. The average Bonchev–Trinajstić information content (AvgIpc) is 2.63. The van der Waals surface area contributed by atoms with Crippen molar-refractivity contribution in [2.45, 2.75) is 26.8 Å². The van der Waals surface area contributed by atoms with Gasteiger partial charge in [-0.1, -0.05) is 37.3 Å². The fraction of sp³-hybridized carbons (Fsp3) is 0.350. The van der Waals surface area contributed by atoms with E-state index in [-0.39, 0.29) is 24.4 Å². The molecule has 1 amide bonds. The lowest BCUT2D eigenvalue weighted by atomic mass is 9.94. The van der Waals surface area contributed by atoms with E-state index in [1.165, 1.54) is 0 Å². The van der Waals surface area contributed by atoms with Crippen molar-refractivity contribution in [1.29, 1.82) is 0 Å². The summed E-state index contributed by atoms with van der Waals surface area (Å²) in [6, 6.07) is 14.6. The second-order valence-corrected chi connectivity index (χ2v) is 5.74. The number of nitrogens with one attached hydrogen (secondary N) is 1. The molecular formula is C20H27ClN2O3. The highest BCUT2D eigenvalue weighted by molar-refractivity contribution is 5.94. The van der Waals surface area contributed by atoms with Crippen LogP contribution in [0.15, 0.2) is 48.5 Å². The van der Waals surface area contributed by atoms with Crippen molar-refractivity contribution in [2.75, 3.05) is 18.5 Å². The number of benzene rings is 2. The van der Waals surface area contributed by atoms with E-state index in [4.69, 9.17) is 15.2 Å². The molecule has 0 bridgehead atoms. The van der Waals surface area contributed by atoms with Crippen LogP contribution in [-0.2, 0) is 4.79 Å². The van der Waals surface area contributed by atoms with Gasteiger partial charge in [0.2, 0.25) is 5.91 Å². The van der Waals surface area contributed by atoms with Gasteiger partial charge in [0.25, 0.3) is 0 Å². The van der Waals surface area contributed by atoms with Gasteiger partial charge in [0.15, 0.2) is 0 Å². The molecule has 2 unspecified atom stereocenters. The number of halogens is 1. The van der Waals surface area contributed by atoms with Crippen molar-refractivity contribution in [3.63, 3.8) is 0 Å². The number of carbonyl (C=O) groups is 1. The molecule has 2 rings (SSSR count). The van der Waals surface area contributed by atoms with Crippen LogP contribution in [0.5, 0.6) is 11.5 Å². The minimum Gasteiger partial charge on any atom is -0.494 e. The smallest absolute Gasteiger partial charge is 0.229 e. The van der Waals surface area contributed by atoms with E-state index in [0.717, 1.165) is 5.56 Å². The maximum absolute atomic E-state index is 12.7. The van der Waals surface area contributed by atoms with Crippen LogP contribution in [0.3, 0.4) is 0 Å². The summed E-state index contributed by atoms with van der Waals surface area (Å²) in [6.45, 7) is 6.69. The summed E-state index contributed by atoms with van der Waals surface area (Å²) in [7, 11) is 0. The maximum Gasteiger partial charge on any atom is 0.229 e. The molecule has 0 aliphatic heterocycles. The number of carbonyl (C=O) groups excluding carboxylic acids is 1. The van der Waals surface area contributed by atoms with Gasteiger partial charge in [0.05, 0.1) is 24.8 Å².